The van der Waals surface area contributed by atoms with E-state index in [0.717, 1.165) is 18.8 Å². The molecule has 0 saturated carbocycles. The van der Waals surface area contributed by atoms with E-state index in [4.69, 9.17) is 0 Å². The van der Waals surface area contributed by atoms with Gasteiger partial charge in [-0.2, -0.15) is 0 Å². The molecule has 0 aromatic carbocycles. The van der Waals surface area contributed by atoms with Crippen molar-refractivity contribution in [1.29, 1.82) is 0 Å². The molecule has 0 radical (unpaired) electrons. The van der Waals surface area contributed by atoms with E-state index in [1.54, 1.807) is 0 Å². The van der Waals surface area contributed by atoms with Crippen molar-refractivity contribution in [2.24, 2.45) is 23.7 Å². The Morgan fingerprint density at radius 3 is 1.63 bits per heavy atom. The Hall–Kier alpha value is -0.530. The quantitative estimate of drug-likeness (QED) is 0.176. The van der Waals surface area contributed by atoms with E-state index < -0.39 is 5.97 Å². The molecule has 3 atom stereocenters. The Balaban J connectivity index is 3.87. The van der Waals surface area contributed by atoms with Crippen LogP contribution in [0.3, 0.4) is 0 Å². The first kappa shape index (κ1) is 29.5. The predicted octanol–water partition coefficient (Wildman–Crippen LogP) is 9.66. The van der Waals surface area contributed by atoms with Crippen LogP contribution in [0.2, 0.25) is 0 Å². The van der Waals surface area contributed by atoms with Crippen molar-refractivity contribution in [1.82, 2.24) is 0 Å². The second kappa shape index (κ2) is 20.4. The molecule has 0 amide bonds. The van der Waals surface area contributed by atoms with Crippen molar-refractivity contribution in [3.05, 3.63) is 0 Å². The average Bonchev–Trinajstić information content (AvgIpc) is 2.69. The lowest BCUT2D eigenvalue weighted by atomic mass is 9.82. The molecule has 0 aromatic heterocycles. The van der Waals surface area contributed by atoms with Crippen LogP contribution in [0.5, 0.6) is 0 Å². The van der Waals surface area contributed by atoms with Gasteiger partial charge in [0.1, 0.15) is 0 Å². The molecule has 0 rings (SSSR count). The van der Waals surface area contributed by atoms with Crippen molar-refractivity contribution in [2.45, 2.75) is 150 Å². The van der Waals surface area contributed by atoms with Gasteiger partial charge >= 0.3 is 5.97 Å². The van der Waals surface area contributed by atoms with Crippen LogP contribution in [0.15, 0.2) is 0 Å². The summed E-state index contributed by atoms with van der Waals surface area (Å²) in [7, 11) is 0. The minimum atomic E-state index is -0.562. The van der Waals surface area contributed by atoms with Crippen LogP contribution in [0.1, 0.15) is 150 Å². The third-order valence-electron chi connectivity index (χ3n) is 6.80. The molecule has 0 spiro atoms. The molecule has 0 heterocycles. The lowest BCUT2D eigenvalue weighted by Crippen LogP contribution is -2.20. The van der Waals surface area contributed by atoms with Gasteiger partial charge in [0.25, 0.3) is 0 Å². The van der Waals surface area contributed by atoms with E-state index in [-0.39, 0.29) is 5.92 Å². The van der Waals surface area contributed by atoms with Crippen LogP contribution in [0.25, 0.3) is 0 Å². The second-order valence-electron chi connectivity index (χ2n) is 10.6. The summed E-state index contributed by atoms with van der Waals surface area (Å²) < 4.78 is 0. The van der Waals surface area contributed by atoms with E-state index in [1.807, 2.05) is 0 Å². The first-order valence-corrected chi connectivity index (χ1v) is 13.6. The number of aliphatic carboxylic acids is 1. The van der Waals surface area contributed by atoms with Gasteiger partial charge in [-0.05, 0) is 30.6 Å². The summed E-state index contributed by atoms with van der Waals surface area (Å²) in [4.78, 5) is 11.8. The van der Waals surface area contributed by atoms with Crippen LogP contribution < -0.4 is 0 Å². The van der Waals surface area contributed by atoms with Crippen molar-refractivity contribution in [2.75, 3.05) is 0 Å². The Morgan fingerprint density at radius 2 is 1.17 bits per heavy atom. The number of rotatable bonds is 22. The first-order chi connectivity index (χ1) is 14.4. The fourth-order valence-electron chi connectivity index (χ4n) is 4.87. The predicted molar refractivity (Wildman–Crippen MR) is 133 cm³/mol. The smallest absolute Gasteiger partial charge is 0.306 e. The lowest BCUT2D eigenvalue weighted by molar-refractivity contribution is -0.143. The van der Waals surface area contributed by atoms with Gasteiger partial charge in [0, 0.05) is 0 Å². The third kappa shape index (κ3) is 18.3. The van der Waals surface area contributed by atoms with Crippen molar-refractivity contribution in [3.8, 4) is 0 Å². The molecular weight excluding hydrogens is 368 g/mol. The van der Waals surface area contributed by atoms with Gasteiger partial charge < -0.3 is 5.11 Å². The monoisotopic (exact) mass is 424 g/mol. The molecular formula is C28H56O2. The van der Waals surface area contributed by atoms with Crippen LogP contribution in [-0.4, -0.2) is 11.1 Å². The van der Waals surface area contributed by atoms with E-state index in [9.17, 15) is 9.90 Å². The summed E-state index contributed by atoms with van der Waals surface area (Å²) in [5, 5.41) is 9.74. The van der Waals surface area contributed by atoms with Gasteiger partial charge in [0.05, 0.1) is 5.92 Å². The topological polar surface area (TPSA) is 37.3 Å². The highest BCUT2D eigenvalue weighted by atomic mass is 16.4. The molecule has 3 unspecified atom stereocenters. The number of carboxylic acid groups (broad SMARTS) is 1. The van der Waals surface area contributed by atoms with Crippen LogP contribution in [0, 0.1) is 23.7 Å². The molecule has 0 aliphatic rings. The first-order valence-electron chi connectivity index (χ1n) is 13.6. The summed E-state index contributed by atoms with van der Waals surface area (Å²) in [6, 6.07) is 0. The zero-order valence-corrected chi connectivity index (χ0v) is 21.4. The summed E-state index contributed by atoms with van der Waals surface area (Å²) in [5.41, 5.74) is 0. The summed E-state index contributed by atoms with van der Waals surface area (Å²) >= 11 is 0. The Kier molecular flexibility index (Phi) is 20.0. The van der Waals surface area contributed by atoms with E-state index in [0.29, 0.717) is 11.8 Å². The molecule has 180 valence electrons. The molecule has 0 aliphatic heterocycles. The average molecular weight is 425 g/mol. The fourth-order valence-corrected chi connectivity index (χ4v) is 4.87. The molecule has 0 aromatic rings. The molecule has 0 bridgehead atoms. The maximum absolute atomic E-state index is 11.8. The normalized spacial score (nSPS) is 14.7. The largest absolute Gasteiger partial charge is 0.481 e. The van der Waals surface area contributed by atoms with Crippen LogP contribution in [0.4, 0.5) is 0 Å². The lowest BCUT2D eigenvalue weighted by Gasteiger charge is -2.23. The zero-order chi connectivity index (χ0) is 22.6. The maximum atomic E-state index is 11.8. The standard InChI is InChI=1S/C28H56O2/c1-6-8-21-26(18-7-2)23-27(28(29)30)22-25(5)20-17-15-13-11-9-10-12-14-16-19-24(3)4/h24-27H,6-23H2,1-5H3,(H,29,30). The summed E-state index contributed by atoms with van der Waals surface area (Å²) in [6.07, 6.45) is 22.8. The summed E-state index contributed by atoms with van der Waals surface area (Å²) in [6.45, 7) is 11.4. The van der Waals surface area contributed by atoms with Crippen LogP contribution in [-0.2, 0) is 4.79 Å². The minimum Gasteiger partial charge on any atom is -0.481 e. The molecule has 2 nitrogen and oxygen atoms in total. The third-order valence-corrected chi connectivity index (χ3v) is 6.80. The fraction of sp³-hybridized carbons (Fsp3) is 0.964. The van der Waals surface area contributed by atoms with Crippen molar-refractivity contribution in [3.63, 3.8) is 0 Å². The van der Waals surface area contributed by atoms with Gasteiger partial charge in [0.15, 0.2) is 0 Å². The highest BCUT2D eigenvalue weighted by molar-refractivity contribution is 5.69. The van der Waals surface area contributed by atoms with E-state index >= 15 is 0 Å². The molecule has 1 N–H and O–H groups in total. The molecule has 30 heavy (non-hydrogen) atoms. The Labute approximate surface area is 190 Å². The Morgan fingerprint density at radius 1 is 0.633 bits per heavy atom. The highest BCUT2D eigenvalue weighted by Gasteiger charge is 2.24. The van der Waals surface area contributed by atoms with Gasteiger partial charge in [-0.1, -0.05) is 137 Å². The van der Waals surface area contributed by atoms with Gasteiger partial charge in [0.2, 0.25) is 0 Å². The number of hydrogen-bond donors (Lipinski definition) is 1. The zero-order valence-electron chi connectivity index (χ0n) is 21.4. The molecule has 2 heteroatoms. The number of hydrogen-bond acceptors (Lipinski definition) is 1. The van der Waals surface area contributed by atoms with Crippen molar-refractivity contribution >= 4 is 5.97 Å². The van der Waals surface area contributed by atoms with E-state index in [1.165, 1.54) is 103 Å². The Bertz CT molecular complexity index is 377. The maximum Gasteiger partial charge on any atom is 0.306 e. The molecule has 0 aliphatic carbocycles. The number of carboxylic acids is 1. The summed E-state index contributed by atoms with van der Waals surface area (Å²) in [5.74, 6) is 1.31. The minimum absolute atomic E-state index is 0.135. The van der Waals surface area contributed by atoms with Gasteiger partial charge in [-0.25, -0.2) is 0 Å². The molecule has 0 fully saturated rings. The van der Waals surface area contributed by atoms with Gasteiger partial charge in [-0.15, -0.1) is 0 Å². The number of unbranched alkanes of at least 4 members (excludes halogenated alkanes) is 9. The SMILES string of the molecule is CCCCC(CCC)CC(CC(C)CCCCCCCCCCCC(C)C)C(=O)O. The highest BCUT2D eigenvalue weighted by Crippen LogP contribution is 2.29. The number of carbonyl (C=O) groups is 1. The van der Waals surface area contributed by atoms with Crippen LogP contribution >= 0.6 is 0 Å². The van der Waals surface area contributed by atoms with E-state index in [2.05, 4.69) is 34.6 Å². The van der Waals surface area contributed by atoms with Gasteiger partial charge in [-0.3, -0.25) is 4.79 Å². The molecule has 0 saturated heterocycles. The van der Waals surface area contributed by atoms with Crippen molar-refractivity contribution < 1.29 is 9.90 Å². The second-order valence-corrected chi connectivity index (χ2v) is 10.6.